The molecule has 1 amide bonds. The Balaban J connectivity index is 1.83. The Labute approximate surface area is 221 Å². The van der Waals surface area contributed by atoms with Gasteiger partial charge in [0.2, 0.25) is 5.91 Å². The number of benzene rings is 1. The van der Waals surface area contributed by atoms with Gasteiger partial charge in [0.05, 0.1) is 30.6 Å². The maximum Gasteiger partial charge on any atom is 0.332 e. The Morgan fingerprint density at radius 1 is 1.05 bits per heavy atom. The number of pyridine rings is 1. The highest BCUT2D eigenvalue weighted by atomic mass is 16.5. The third-order valence-corrected chi connectivity index (χ3v) is 6.44. The van der Waals surface area contributed by atoms with Gasteiger partial charge in [0.25, 0.3) is 5.56 Å². The van der Waals surface area contributed by atoms with E-state index in [0.29, 0.717) is 34.5 Å². The van der Waals surface area contributed by atoms with Gasteiger partial charge in [-0.2, -0.15) is 0 Å². The summed E-state index contributed by atoms with van der Waals surface area (Å²) in [6.07, 6.45) is 0.474. The molecule has 2 heterocycles. The molecule has 0 radical (unpaired) electrons. The van der Waals surface area contributed by atoms with Gasteiger partial charge in [0.1, 0.15) is 11.4 Å². The zero-order valence-electron chi connectivity index (χ0n) is 23.1. The number of hydrogen-bond donors (Lipinski definition) is 1. The van der Waals surface area contributed by atoms with E-state index in [1.165, 1.54) is 11.6 Å². The number of aryl methyl sites for hydroxylation is 3. The number of nitrogens with one attached hydrogen (secondary N) is 1. The molecule has 0 bridgehead atoms. The number of hydrogen-bond acceptors (Lipinski definition) is 7. The highest BCUT2D eigenvalue weighted by Crippen LogP contribution is 2.23. The maximum atomic E-state index is 13.0. The Hall–Kier alpha value is -3.95. The van der Waals surface area contributed by atoms with Crippen LogP contribution in [0.25, 0.3) is 11.0 Å². The largest absolute Gasteiger partial charge is 0.491 e. The second kappa shape index (κ2) is 12.1. The van der Waals surface area contributed by atoms with Crippen molar-refractivity contribution >= 4 is 22.9 Å². The molecule has 0 aliphatic rings. The minimum absolute atomic E-state index is 0.0103. The number of carbonyl (C=O) groups is 2. The number of esters is 1. The molecule has 0 spiro atoms. The first-order valence-electron chi connectivity index (χ1n) is 12.7. The van der Waals surface area contributed by atoms with Crippen molar-refractivity contribution in [1.29, 1.82) is 0 Å². The number of nitrogens with zero attached hydrogens (tertiary/aromatic N) is 3. The Kier molecular flexibility index (Phi) is 9.08. The average molecular weight is 525 g/mol. The number of ether oxygens (including phenoxy) is 2. The van der Waals surface area contributed by atoms with Gasteiger partial charge in [-0.05, 0) is 69.9 Å². The van der Waals surface area contributed by atoms with Crippen LogP contribution in [0.15, 0.2) is 33.9 Å². The van der Waals surface area contributed by atoms with E-state index in [0.717, 1.165) is 15.7 Å². The molecule has 2 aromatic heterocycles. The van der Waals surface area contributed by atoms with Gasteiger partial charge in [0.15, 0.2) is 0 Å². The lowest BCUT2D eigenvalue weighted by Gasteiger charge is -2.20. The molecule has 1 aromatic carbocycles. The smallest absolute Gasteiger partial charge is 0.332 e. The zero-order valence-corrected chi connectivity index (χ0v) is 23.1. The van der Waals surface area contributed by atoms with Crippen LogP contribution in [-0.2, 0) is 34.8 Å². The van der Waals surface area contributed by atoms with Crippen LogP contribution in [-0.4, -0.2) is 38.7 Å². The number of amides is 1. The van der Waals surface area contributed by atoms with Crippen molar-refractivity contribution in [1.82, 2.24) is 19.4 Å². The van der Waals surface area contributed by atoms with Gasteiger partial charge >= 0.3 is 11.7 Å². The fourth-order valence-corrected chi connectivity index (χ4v) is 4.50. The van der Waals surface area contributed by atoms with Crippen molar-refractivity contribution in [2.75, 3.05) is 6.61 Å². The molecule has 3 aromatic rings. The number of fused-ring (bicyclic) bond motifs is 1. The molecule has 1 atom stereocenters. The highest BCUT2D eigenvalue weighted by Gasteiger charge is 2.21. The molecule has 0 fully saturated rings. The van der Waals surface area contributed by atoms with E-state index in [2.05, 4.69) is 10.3 Å². The summed E-state index contributed by atoms with van der Waals surface area (Å²) in [7, 11) is 3.01. The molecule has 0 aliphatic carbocycles. The maximum absolute atomic E-state index is 13.0. The second-order valence-electron chi connectivity index (χ2n) is 9.57. The molecule has 0 aliphatic heterocycles. The topological polar surface area (TPSA) is 122 Å². The van der Waals surface area contributed by atoms with Crippen LogP contribution in [0, 0.1) is 13.8 Å². The monoisotopic (exact) mass is 524 g/mol. The zero-order chi connectivity index (χ0) is 28.1. The third-order valence-electron chi connectivity index (χ3n) is 6.44. The molecular weight excluding hydrogens is 488 g/mol. The fourth-order valence-electron chi connectivity index (χ4n) is 4.50. The van der Waals surface area contributed by atoms with Crippen LogP contribution in [0.4, 0.5) is 0 Å². The molecule has 0 saturated heterocycles. The molecule has 10 heteroatoms. The van der Waals surface area contributed by atoms with Crippen molar-refractivity contribution in [3.8, 4) is 5.75 Å². The van der Waals surface area contributed by atoms with Crippen LogP contribution < -0.4 is 21.3 Å². The van der Waals surface area contributed by atoms with Crippen LogP contribution in [0.1, 0.15) is 62.0 Å². The lowest BCUT2D eigenvalue weighted by atomic mass is 9.99. The summed E-state index contributed by atoms with van der Waals surface area (Å²) in [6, 6.07) is 6.68. The molecule has 0 saturated carbocycles. The number of aromatic nitrogens is 3. The van der Waals surface area contributed by atoms with E-state index in [1.807, 2.05) is 26.0 Å². The van der Waals surface area contributed by atoms with E-state index in [4.69, 9.17) is 9.47 Å². The molecule has 1 N–H and O–H groups in total. The van der Waals surface area contributed by atoms with Gasteiger partial charge < -0.3 is 14.8 Å². The second-order valence-corrected chi connectivity index (χ2v) is 9.57. The van der Waals surface area contributed by atoms with Gasteiger partial charge in [-0.25, -0.2) is 9.78 Å². The van der Waals surface area contributed by atoms with Crippen molar-refractivity contribution in [3.05, 3.63) is 67.5 Å². The number of carbonyl (C=O) groups excluding carboxylic acids is 2. The van der Waals surface area contributed by atoms with E-state index >= 15 is 0 Å². The molecular formula is C28H36N4O6. The Bertz CT molecular complexity index is 1450. The highest BCUT2D eigenvalue weighted by molar-refractivity contribution is 5.81. The lowest BCUT2D eigenvalue weighted by Crippen LogP contribution is -2.38. The lowest BCUT2D eigenvalue weighted by molar-refractivity contribution is -0.143. The normalized spacial score (nSPS) is 12.0. The SMILES string of the molecule is CCOC(=O)C[C@@H](NC(=O)CCc1c(C)nc2c(c1C)c(=O)n(C)c(=O)n2C)c1ccc(OC(C)C)cc1. The van der Waals surface area contributed by atoms with E-state index in [9.17, 15) is 19.2 Å². The first-order valence-corrected chi connectivity index (χ1v) is 12.7. The minimum atomic E-state index is -0.576. The predicted molar refractivity (Wildman–Crippen MR) is 144 cm³/mol. The first-order chi connectivity index (χ1) is 17.9. The van der Waals surface area contributed by atoms with Gasteiger partial charge in [-0.15, -0.1) is 0 Å². The fraction of sp³-hybridized carbons (Fsp3) is 0.464. The minimum Gasteiger partial charge on any atom is -0.491 e. The molecule has 0 unspecified atom stereocenters. The Morgan fingerprint density at radius 2 is 1.71 bits per heavy atom. The van der Waals surface area contributed by atoms with E-state index in [-0.39, 0.29) is 31.5 Å². The summed E-state index contributed by atoms with van der Waals surface area (Å²) >= 11 is 0. The van der Waals surface area contributed by atoms with Crippen LogP contribution >= 0.6 is 0 Å². The van der Waals surface area contributed by atoms with Crippen LogP contribution in [0.3, 0.4) is 0 Å². The van der Waals surface area contributed by atoms with E-state index < -0.39 is 23.3 Å². The van der Waals surface area contributed by atoms with Gasteiger partial charge in [-0.3, -0.25) is 23.5 Å². The van der Waals surface area contributed by atoms with Crippen molar-refractivity contribution in [3.63, 3.8) is 0 Å². The average Bonchev–Trinajstić information content (AvgIpc) is 2.85. The summed E-state index contributed by atoms with van der Waals surface area (Å²) in [5.41, 5.74) is 2.33. The quantitative estimate of drug-likeness (QED) is 0.405. The molecule has 10 nitrogen and oxygen atoms in total. The van der Waals surface area contributed by atoms with Crippen molar-refractivity contribution in [2.45, 2.75) is 66.0 Å². The van der Waals surface area contributed by atoms with Crippen LogP contribution in [0.2, 0.25) is 0 Å². The summed E-state index contributed by atoms with van der Waals surface area (Å²) in [5, 5.41) is 3.31. The summed E-state index contributed by atoms with van der Waals surface area (Å²) in [6.45, 7) is 9.46. The predicted octanol–water partition coefficient (Wildman–Crippen LogP) is 2.78. The summed E-state index contributed by atoms with van der Waals surface area (Å²) in [4.78, 5) is 55.0. The van der Waals surface area contributed by atoms with Crippen molar-refractivity contribution in [2.24, 2.45) is 14.1 Å². The first kappa shape index (κ1) is 28.6. The standard InChI is InChI=1S/C28H36N4O6/c1-8-37-24(34)15-22(19-9-11-20(12-10-19)38-16(2)3)30-23(33)14-13-21-17(4)25-26(29-18(21)5)31(6)28(36)32(7)27(25)35/h9-12,16,22H,8,13-15H2,1-7H3,(H,30,33)/t22-/m1/s1. The number of rotatable bonds is 10. The van der Waals surface area contributed by atoms with Gasteiger partial charge in [-0.1, -0.05) is 12.1 Å². The summed E-state index contributed by atoms with van der Waals surface area (Å²) < 4.78 is 13.2. The van der Waals surface area contributed by atoms with Gasteiger partial charge in [0, 0.05) is 26.2 Å². The molecule has 204 valence electrons. The van der Waals surface area contributed by atoms with Crippen LogP contribution in [0.5, 0.6) is 5.75 Å². The van der Waals surface area contributed by atoms with Crippen molar-refractivity contribution < 1.29 is 19.1 Å². The summed E-state index contributed by atoms with van der Waals surface area (Å²) in [5.74, 6) is 0.0320. The van der Waals surface area contributed by atoms with E-state index in [1.54, 1.807) is 40.0 Å². The third kappa shape index (κ3) is 6.30. The Morgan fingerprint density at radius 3 is 2.32 bits per heavy atom. The molecule has 38 heavy (non-hydrogen) atoms. The molecule has 3 rings (SSSR count).